The first kappa shape index (κ1) is 15.4. The fourth-order valence-corrected chi connectivity index (χ4v) is 0.622. The van der Waals surface area contributed by atoms with Gasteiger partial charge < -0.3 is 9.47 Å². The predicted octanol–water partition coefficient (Wildman–Crippen LogP) is 2.74. The van der Waals surface area contributed by atoms with E-state index in [1.165, 1.54) is 0 Å². The van der Waals surface area contributed by atoms with Gasteiger partial charge in [-0.05, 0) is 0 Å². The maximum absolute atomic E-state index is 12.5. The summed E-state index contributed by atoms with van der Waals surface area (Å²) in [5.41, 5.74) is 0. The van der Waals surface area contributed by atoms with Crippen LogP contribution in [0.3, 0.4) is 0 Å². The van der Waals surface area contributed by atoms with Gasteiger partial charge in [0.1, 0.15) is 0 Å². The van der Waals surface area contributed by atoms with Gasteiger partial charge in [-0.3, -0.25) is 0 Å². The maximum Gasteiger partial charge on any atom is 0.425 e. The lowest BCUT2D eigenvalue weighted by molar-refractivity contribution is -0.456. The second-order valence-corrected chi connectivity index (χ2v) is 2.59. The first-order chi connectivity index (χ1) is 6.87. The van der Waals surface area contributed by atoms with Gasteiger partial charge in [-0.15, -0.1) is 0 Å². The lowest BCUT2D eigenvalue weighted by Gasteiger charge is -2.34. The molecule has 0 aliphatic carbocycles. The van der Waals surface area contributed by atoms with E-state index in [1.54, 1.807) is 0 Å². The highest BCUT2D eigenvalue weighted by Gasteiger charge is 2.82. The Hall–Kier alpha value is -0.640. The van der Waals surface area contributed by atoms with Gasteiger partial charge in [-0.1, -0.05) is 0 Å². The van der Waals surface area contributed by atoms with Gasteiger partial charge in [0, 0.05) is 14.2 Å². The van der Waals surface area contributed by atoms with E-state index >= 15 is 0 Å². The van der Waals surface area contributed by atoms with Gasteiger partial charge in [0.05, 0.1) is 0 Å². The van der Waals surface area contributed by atoms with Crippen molar-refractivity contribution in [1.29, 1.82) is 0 Å². The Bertz CT molecular complexity index is 225. The van der Waals surface area contributed by atoms with Crippen molar-refractivity contribution < 1.29 is 44.6 Å². The molecule has 0 aliphatic rings. The van der Waals surface area contributed by atoms with Gasteiger partial charge in [0.25, 0.3) is 0 Å². The lowest BCUT2D eigenvalue weighted by Crippen LogP contribution is -2.63. The molecule has 10 heteroatoms. The third-order valence-electron chi connectivity index (χ3n) is 1.64. The van der Waals surface area contributed by atoms with Crippen LogP contribution in [0.5, 0.6) is 0 Å². The van der Waals surface area contributed by atoms with Gasteiger partial charge in [0.15, 0.2) is 0 Å². The molecule has 0 aromatic heterocycles. The standard InChI is InChI=1S/C6H6F8O2/c1-15-5(11,12)3(7,8)4(9,10)6(13,14)16-2/h1-2H3. The maximum atomic E-state index is 12.5. The minimum atomic E-state index is -6.44. The Morgan fingerprint density at radius 2 is 0.750 bits per heavy atom. The Morgan fingerprint density at radius 3 is 0.875 bits per heavy atom. The zero-order chi connectivity index (χ0) is 13.4. The molecular weight excluding hydrogens is 256 g/mol. The molecule has 0 atom stereocenters. The van der Waals surface area contributed by atoms with Gasteiger partial charge >= 0.3 is 24.1 Å². The van der Waals surface area contributed by atoms with E-state index in [9.17, 15) is 35.1 Å². The first-order valence-corrected chi connectivity index (χ1v) is 3.49. The van der Waals surface area contributed by atoms with Crippen LogP contribution >= 0.6 is 0 Å². The van der Waals surface area contributed by atoms with Crippen molar-refractivity contribution in [2.75, 3.05) is 14.2 Å². The molecule has 0 saturated carbocycles. The number of halogens is 8. The molecule has 98 valence electrons. The van der Waals surface area contributed by atoms with Gasteiger partial charge in [-0.2, -0.15) is 35.1 Å². The van der Waals surface area contributed by atoms with Crippen LogP contribution in [-0.4, -0.2) is 38.3 Å². The molecule has 0 aliphatic heterocycles. The summed E-state index contributed by atoms with van der Waals surface area (Å²) in [5.74, 6) is -12.9. The number of methoxy groups -OCH3 is 2. The van der Waals surface area contributed by atoms with E-state index in [0.717, 1.165) is 0 Å². The molecule has 0 heterocycles. The van der Waals surface area contributed by atoms with Crippen molar-refractivity contribution in [3.63, 3.8) is 0 Å². The number of ether oxygens (including phenoxy) is 2. The fourth-order valence-electron chi connectivity index (χ4n) is 0.622. The second-order valence-electron chi connectivity index (χ2n) is 2.59. The van der Waals surface area contributed by atoms with Crippen molar-refractivity contribution in [1.82, 2.24) is 0 Å². The summed E-state index contributed by atoms with van der Waals surface area (Å²) < 4.78 is 104. The fraction of sp³-hybridized carbons (Fsp3) is 1.00. The van der Waals surface area contributed by atoms with Gasteiger partial charge in [0.2, 0.25) is 0 Å². The van der Waals surface area contributed by atoms with Crippen LogP contribution in [0.2, 0.25) is 0 Å². The van der Waals surface area contributed by atoms with Crippen LogP contribution in [0, 0.1) is 0 Å². The van der Waals surface area contributed by atoms with E-state index in [-0.39, 0.29) is 14.2 Å². The molecule has 0 spiro atoms. The third kappa shape index (κ3) is 1.95. The summed E-state index contributed by atoms with van der Waals surface area (Å²) in [7, 11) is -0.0656. The van der Waals surface area contributed by atoms with E-state index in [2.05, 4.69) is 9.47 Å². The quantitative estimate of drug-likeness (QED) is 0.709. The summed E-state index contributed by atoms with van der Waals surface area (Å²) >= 11 is 0. The van der Waals surface area contributed by atoms with E-state index < -0.39 is 24.1 Å². The molecule has 2 nitrogen and oxygen atoms in total. The molecule has 0 N–H and O–H groups in total. The molecule has 0 aromatic carbocycles. The van der Waals surface area contributed by atoms with E-state index in [1.807, 2.05) is 0 Å². The average Bonchev–Trinajstić information content (AvgIpc) is 2.16. The SMILES string of the molecule is COC(F)(F)C(F)(F)C(F)(F)C(F)(F)OC. The molecule has 0 radical (unpaired) electrons. The highest BCUT2D eigenvalue weighted by Crippen LogP contribution is 2.52. The zero-order valence-corrected chi connectivity index (χ0v) is 7.84. The molecule has 0 saturated heterocycles. The molecular formula is C6H6F8O2. The van der Waals surface area contributed by atoms with Crippen LogP contribution < -0.4 is 0 Å². The van der Waals surface area contributed by atoms with Crippen molar-refractivity contribution in [2.45, 2.75) is 24.1 Å². The zero-order valence-electron chi connectivity index (χ0n) is 7.84. The lowest BCUT2D eigenvalue weighted by atomic mass is 10.1. The number of rotatable bonds is 5. The Balaban J connectivity index is 5.46. The monoisotopic (exact) mass is 262 g/mol. The number of hydrogen-bond donors (Lipinski definition) is 0. The van der Waals surface area contributed by atoms with Gasteiger partial charge in [-0.25, -0.2) is 0 Å². The number of hydrogen-bond acceptors (Lipinski definition) is 2. The topological polar surface area (TPSA) is 18.5 Å². The highest BCUT2D eigenvalue weighted by molar-refractivity contribution is 4.96. The molecule has 0 bridgehead atoms. The molecule has 0 amide bonds. The minimum absolute atomic E-state index is 0.0328. The van der Waals surface area contributed by atoms with E-state index in [4.69, 9.17) is 0 Å². The Morgan fingerprint density at radius 1 is 0.562 bits per heavy atom. The molecule has 0 unspecified atom stereocenters. The van der Waals surface area contributed by atoms with Crippen molar-refractivity contribution in [2.24, 2.45) is 0 Å². The predicted molar refractivity (Wildman–Crippen MR) is 33.8 cm³/mol. The van der Waals surface area contributed by atoms with Crippen LogP contribution in [0.1, 0.15) is 0 Å². The summed E-state index contributed by atoms with van der Waals surface area (Å²) in [4.78, 5) is 0. The van der Waals surface area contributed by atoms with Crippen LogP contribution in [-0.2, 0) is 9.47 Å². The average molecular weight is 262 g/mol. The Labute approximate surface area is 84.1 Å². The largest absolute Gasteiger partial charge is 0.425 e. The second kappa shape index (κ2) is 3.99. The summed E-state index contributed by atoms with van der Waals surface area (Å²) in [6.45, 7) is 0. The highest BCUT2D eigenvalue weighted by atomic mass is 19.4. The summed E-state index contributed by atoms with van der Waals surface area (Å²) in [6.07, 6.45) is -11.5. The summed E-state index contributed by atoms with van der Waals surface area (Å²) in [6, 6.07) is 0. The third-order valence-corrected chi connectivity index (χ3v) is 1.64. The van der Waals surface area contributed by atoms with Crippen molar-refractivity contribution in [3.05, 3.63) is 0 Å². The molecule has 0 rings (SSSR count). The van der Waals surface area contributed by atoms with Crippen LogP contribution in [0.4, 0.5) is 35.1 Å². The smallest absolute Gasteiger partial charge is 0.319 e. The normalized spacial score (nSPS) is 15.4. The van der Waals surface area contributed by atoms with Crippen LogP contribution in [0.25, 0.3) is 0 Å². The van der Waals surface area contributed by atoms with Crippen LogP contribution in [0.15, 0.2) is 0 Å². The van der Waals surface area contributed by atoms with E-state index in [0.29, 0.717) is 0 Å². The first-order valence-electron chi connectivity index (χ1n) is 3.49. The van der Waals surface area contributed by atoms with Crippen molar-refractivity contribution in [3.8, 4) is 0 Å². The minimum Gasteiger partial charge on any atom is -0.319 e. The molecule has 0 aromatic rings. The van der Waals surface area contributed by atoms with Crippen molar-refractivity contribution >= 4 is 0 Å². The molecule has 16 heavy (non-hydrogen) atoms. The Kier molecular flexibility index (Phi) is 3.83. The molecule has 0 fully saturated rings. The number of alkyl halides is 8. The summed E-state index contributed by atoms with van der Waals surface area (Å²) in [5, 5.41) is 0.